The molecule has 1 aromatic heterocycles. The molecule has 0 saturated carbocycles. The highest BCUT2D eigenvalue weighted by Crippen LogP contribution is 2.15. The van der Waals surface area contributed by atoms with Crippen LogP contribution < -0.4 is 11.1 Å². The number of amides is 2. The molecule has 22 heavy (non-hydrogen) atoms. The minimum atomic E-state index is -0.730. The van der Waals surface area contributed by atoms with Crippen LogP contribution in [0.15, 0.2) is 36.5 Å². The average Bonchev–Trinajstić information content (AvgIpc) is 2.96. The van der Waals surface area contributed by atoms with Crippen molar-refractivity contribution in [3.63, 3.8) is 0 Å². The molecule has 0 fully saturated rings. The Morgan fingerprint density at radius 1 is 1.32 bits per heavy atom. The second-order valence-electron chi connectivity index (χ2n) is 4.99. The normalized spacial score (nSPS) is 11.9. The average molecular weight is 317 g/mol. The summed E-state index contributed by atoms with van der Waals surface area (Å²) in [5.74, 6) is -0.852. The molecule has 0 aliphatic carbocycles. The van der Waals surface area contributed by atoms with Gasteiger partial charge in [-0.1, -0.05) is 37.3 Å². The maximum atomic E-state index is 12.2. The molecular formula is C16H19N3O2S. The first kappa shape index (κ1) is 16.2. The first-order valence-electron chi connectivity index (χ1n) is 7.19. The maximum absolute atomic E-state index is 12.2. The smallest absolute Gasteiger partial charge is 0.263 e. The zero-order chi connectivity index (χ0) is 15.9. The fourth-order valence-electron chi connectivity index (χ4n) is 2.05. The van der Waals surface area contributed by atoms with Gasteiger partial charge in [-0.2, -0.15) is 0 Å². The van der Waals surface area contributed by atoms with Gasteiger partial charge in [-0.05, 0) is 18.4 Å². The van der Waals surface area contributed by atoms with Crippen LogP contribution in [0.3, 0.4) is 0 Å². The maximum Gasteiger partial charge on any atom is 0.263 e. The number of thiazole rings is 1. The molecule has 1 aromatic carbocycles. The minimum Gasteiger partial charge on any atom is -0.368 e. The van der Waals surface area contributed by atoms with Crippen LogP contribution in [-0.2, 0) is 17.6 Å². The van der Waals surface area contributed by atoms with E-state index in [-0.39, 0.29) is 5.91 Å². The van der Waals surface area contributed by atoms with E-state index < -0.39 is 11.9 Å². The van der Waals surface area contributed by atoms with Crippen molar-refractivity contribution in [1.82, 2.24) is 10.3 Å². The summed E-state index contributed by atoms with van der Waals surface area (Å²) in [4.78, 5) is 28.5. The third kappa shape index (κ3) is 4.39. The lowest BCUT2D eigenvalue weighted by molar-refractivity contribution is -0.119. The second kappa shape index (κ2) is 7.70. The predicted molar refractivity (Wildman–Crippen MR) is 86.7 cm³/mol. The van der Waals surface area contributed by atoms with Crippen LogP contribution in [0.1, 0.15) is 33.6 Å². The van der Waals surface area contributed by atoms with Gasteiger partial charge in [0.15, 0.2) is 0 Å². The van der Waals surface area contributed by atoms with Gasteiger partial charge in [0.1, 0.15) is 10.9 Å². The first-order valence-corrected chi connectivity index (χ1v) is 8.00. The highest BCUT2D eigenvalue weighted by atomic mass is 32.1. The largest absolute Gasteiger partial charge is 0.368 e. The van der Waals surface area contributed by atoms with Crippen LogP contribution in [0.5, 0.6) is 0 Å². The number of nitrogens with two attached hydrogens (primary N) is 1. The summed E-state index contributed by atoms with van der Waals surface area (Å²) in [6.07, 6.45) is 3.75. The molecule has 0 unspecified atom stereocenters. The van der Waals surface area contributed by atoms with Crippen LogP contribution in [-0.4, -0.2) is 22.8 Å². The van der Waals surface area contributed by atoms with Crippen molar-refractivity contribution < 1.29 is 9.59 Å². The first-order chi connectivity index (χ1) is 10.6. The summed E-state index contributed by atoms with van der Waals surface area (Å²) < 4.78 is 0. The van der Waals surface area contributed by atoms with Crippen molar-refractivity contribution in [2.24, 2.45) is 5.73 Å². The lowest BCUT2D eigenvalue weighted by Gasteiger charge is -2.14. The van der Waals surface area contributed by atoms with Crippen molar-refractivity contribution in [3.8, 4) is 0 Å². The molecule has 2 rings (SSSR count). The van der Waals surface area contributed by atoms with E-state index in [2.05, 4.69) is 17.2 Å². The van der Waals surface area contributed by atoms with Gasteiger partial charge in [-0.25, -0.2) is 4.98 Å². The molecule has 0 spiro atoms. The molecule has 6 heteroatoms. The Morgan fingerprint density at radius 3 is 2.68 bits per heavy atom. The Kier molecular flexibility index (Phi) is 5.66. The fraction of sp³-hybridized carbons (Fsp3) is 0.312. The molecule has 5 nitrogen and oxygen atoms in total. The molecule has 0 radical (unpaired) electrons. The minimum absolute atomic E-state index is 0.306. The quantitative estimate of drug-likeness (QED) is 0.818. The molecule has 0 aliphatic rings. The highest BCUT2D eigenvalue weighted by molar-refractivity contribution is 7.13. The molecule has 3 N–H and O–H groups in total. The van der Waals surface area contributed by atoms with Gasteiger partial charge in [-0.15, -0.1) is 11.3 Å². The monoisotopic (exact) mass is 317 g/mol. The van der Waals surface area contributed by atoms with Gasteiger partial charge in [0.25, 0.3) is 5.91 Å². The van der Waals surface area contributed by atoms with Gasteiger partial charge in [0, 0.05) is 6.42 Å². The number of rotatable bonds is 7. The topological polar surface area (TPSA) is 85.1 Å². The molecule has 0 bridgehead atoms. The van der Waals surface area contributed by atoms with Crippen molar-refractivity contribution >= 4 is 23.2 Å². The van der Waals surface area contributed by atoms with E-state index in [0.717, 1.165) is 23.4 Å². The van der Waals surface area contributed by atoms with Crippen molar-refractivity contribution in [2.75, 3.05) is 0 Å². The van der Waals surface area contributed by atoms with Crippen molar-refractivity contribution in [3.05, 3.63) is 52.0 Å². The summed E-state index contributed by atoms with van der Waals surface area (Å²) in [5, 5.41) is 3.62. The summed E-state index contributed by atoms with van der Waals surface area (Å²) in [6.45, 7) is 2.06. The molecule has 1 heterocycles. The van der Waals surface area contributed by atoms with Crippen LogP contribution >= 0.6 is 11.3 Å². The van der Waals surface area contributed by atoms with Gasteiger partial charge in [0.2, 0.25) is 5.91 Å². The number of aromatic nitrogens is 1. The van der Waals surface area contributed by atoms with Gasteiger partial charge < -0.3 is 11.1 Å². The number of hydrogen-bond donors (Lipinski definition) is 2. The van der Waals surface area contributed by atoms with Crippen molar-refractivity contribution in [2.45, 2.75) is 32.2 Å². The SMILES string of the molecule is CCCc1ncc(C(=O)N[C@H](Cc2ccccc2)C(N)=O)s1. The zero-order valence-corrected chi connectivity index (χ0v) is 13.2. The number of benzene rings is 1. The van der Waals surface area contributed by atoms with Gasteiger partial charge >= 0.3 is 0 Å². The molecule has 0 aliphatic heterocycles. The Morgan fingerprint density at radius 2 is 2.05 bits per heavy atom. The molecule has 0 saturated heterocycles. The van der Waals surface area contributed by atoms with E-state index in [9.17, 15) is 9.59 Å². The summed E-state index contributed by atoms with van der Waals surface area (Å²) >= 11 is 1.35. The van der Waals surface area contributed by atoms with Crippen LogP contribution in [0.4, 0.5) is 0 Å². The van der Waals surface area contributed by atoms with Gasteiger partial charge in [0.05, 0.1) is 11.2 Å². The third-order valence-corrected chi connectivity index (χ3v) is 4.23. The Labute approximate surface area is 133 Å². The molecule has 116 valence electrons. The molecular weight excluding hydrogens is 298 g/mol. The second-order valence-corrected chi connectivity index (χ2v) is 6.10. The van der Waals surface area contributed by atoms with Gasteiger partial charge in [-0.3, -0.25) is 9.59 Å². The van der Waals surface area contributed by atoms with Crippen LogP contribution in [0, 0.1) is 0 Å². The summed E-state index contributed by atoms with van der Waals surface area (Å²) in [7, 11) is 0. The highest BCUT2D eigenvalue weighted by Gasteiger charge is 2.20. The summed E-state index contributed by atoms with van der Waals surface area (Å²) in [5.41, 5.74) is 6.34. The van der Waals surface area contributed by atoms with E-state index in [1.807, 2.05) is 30.3 Å². The Hall–Kier alpha value is -2.21. The van der Waals surface area contributed by atoms with E-state index in [1.165, 1.54) is 11.3 Å². The van der Waals surface area contributed by atoms with E-state index in [1.54, 1.807) is 6.20 Å². The zero-order valence-electron chi connectivity index (χ0n) is 12.4. The summed E-state index contributed by atoms with van der Waals surface area (Å²) in [6, 6.07) is 8.73. The van der Waals surface area contributed by atoms with Crippen LogP contribution in [0.2, 0.25) is 0 Å². The Balaban J connectivity index is 2.03. The third-order valence-electron chi connectivity index (χ3n) is 3.17. The van der Waals surface area contributed by atoms with E-state index >= 15 is 0 Å². The lowest BCUT2D eigenvalue weighted by atomic mass is 10.1. The lowest BCUT2D eigenvalue weighted by Crippen LogP contribution is -2.45. The molecule has 2 aromatic rings. The Bertz CT molecular complexity index is 640. The number of nitrogens with one attached hydrogen (secondary N) is 1. The van der Waals surface area contributed by atoms with E-state index in [0.29, 0.717) is 11.3 Å². The predicted octanol–water partition coefficient (Wildman–Crippen LogP) is 1.92. The number of nitrogens with zero attached hydrogens (tertiary/aromatic N) is 1. The van der Waals surface area contributed by atoms with E-state index in [4.69, 9.17) is 5.73 Å². The standard InChI is InChI=1S/C16H19N3O2S/c1-2-6-14-18-10-13(22-14)16(21)19-12(15(17)20)9-11-7-4-3-5-8-11/h3-5,7-8,10,12H,2,6,9H2,1H3,(H2,17,20)(H,19,21)/t12-/m1/s1. The number of carbonyl (C=O) groups is 2. The number of aryl methyl sites for hydroxylation is 1. The number of carbonyl (C=O) groups excluding carboxylic acids is 2. The van der Waals surface area contributed by atoms with Crippen molar-refractivity contribution in [1.29, 1.82) is 0 Å². The number of primary amides is 1. The number of hydrogen-bond acceptors (Lipinski definition) is 4. The van der Waals surface area contributed by atoms with Crippen LogP contribution in [0.25, 0.3) is 0 Å². The molecule has 1 atom stereocenters. The fourth-order valence-corrected chi connectivity index (χ4v) is 2.97. The molecule has 2 amide bonds.